The molecule has 0 spiro atoms. The van der Waals surface area contributed by atoms with Crippen molar-refractivity contribution < 1.29 is 23.8 Å². The Morgan fingerprint density at radius 1 is 1.00 bits per heavy atom. The Hall–Kier alpha value is -2.53. The summed E-state index contributed by atoms with van der Waals surface area (Å²) in [6.07, 6.45) is 0. The fourth-order valence-corrected chi connectivity index (χ4v) is 2.24. The molecule has 5 nitrogen and oxygen atoms in total. The van der Waals surface area contributed by atoms with E-state index in [4.69, 9.17) is 25.8 Å². The molecule has 2 aromatic carbocycles. The summed E-state index contributed by atoms with van der Waals surface area (Å²) < 4.78 is 15.9. The first-order valence-electron chi connectivity index (χ1n) is 7.47. The van der Waals surface area contributed by atoms with E-state index in [0.29, 0.717) is 5.56 Å². The highest BCUT2D eigenvalue weighted by Gasteiger charge is 2.22. The van der Waals surface area contributed by atoms with Crippen LogP contribution in [0, 0.1) is 0 Å². The van der Waals surface area contributed by atoms with Gasteiger partial charge in [-0.1, -0.05) is 29.8 Å². The lowest BCUT2D eigenvalue weighted by Crippen LogP contribution is -2.13. The third-order valence-electron chi connectivity index (χ3n) is 3.02. The first kappa shape index (κ1) is 17.8. The SMILES string of the molecule is CCOC(=O)c1cc(Cl)cc(OC(=O)c2ccccc2)c1OCC. The van der Waals surface area contributed by atoms with Gasteiger partial charge in [0.15, 0.2) is 11.5 Å². The second kappa shape index (κ2) is 8.36. The summed E-state index contributed by atoms with van der Waals surface area (Å²) in [5.74, 6) is -0.972. The van der Waals surface area contributed by atoms with Gasteiger partial charge in [0.1, 0.15) is 5.56 Å². The monoisotopic (exact) mass is 348 g/mol. The molecule has 0 atom stereocenters. The van der Waals surface area contributed by atoms with Crippen LogP contribution < -0.4 is 9.47 Å². The van der Waals surface area contributed by atoms with Gasteiger partial charge < -0.3 is 14.2 Å². The summed E-state index contributed by atoms with van der Waals surface area (Å²) in [5.41, 5.74) is 0.486. The van der Waals surface area contributed by atoms with E-state index in [1.165, 1.54) is 12.1 Å². The zero-order valence-corrected chi connectivity index (χ0v) is 14.1. The van der Waals surface area contributed by atoms with Crippen molar-refractivity contribution in [1.29, 1.82) is 0 Å². The molecule has 126 valence electrons. The lowest BCUT2D eigenvalue weighted by molar-refractivity contribution is 0.0518. The van der Waals surface area contributed by atoms with Gasteiger partial charge in [-0.05, 0) is 32.0 Å². The Morgan fingerprint density at radius 3 is 2.33 bits per heavy atom. The van der Waals surface area contributed by atoms with Crippen LogP contribution in [0.4, 0.5) is 0 Å². The largest absolute Gasteiger partial charge is 0.489 e. The lowest BCUT2D eigenvalue weighted by Gasteiger charge is -2.15. The second-order valence-electron chi connectivity index (χ2n) is 4.69. The number of carbonyl (C=O) groups excluding carboxylic acids is 2. The van der Waals surface area contributed by atoms with Crippen LogP contribution in [-0.4, -0.2) is 25.2 Å². The molecule has 0 unspecified atom stereocenters. The van der Waals surface area contributed by atoms with Gasteiger partial charge in [-0.3, -0.25) is 0 Å². The fraction of sp³-hybridized carbons (Fsp3) is 0.222. The topological polar surface area (TPSA) is 61.8 Å². The Morgan fingerprint density at radius 2 is 1.71 bits per heavy atom. The Balaban J connectivity index is 2.41. The molecular formula is C18H17ClO5. The highest BCUT2D eigenvalue weighted by Crippen LogP contribution is 2.36. The van der Waals surface area contributed by atoms with E-state index in [-0.39, 0.29) is 35.3 Å². The van der Waals surface area contributed by atoms with Crippen molar-refractivity contribution in [3.63, 3.8) is 0 Å². The maximum Gasteiger partial charge on any atom is 0.343 e. The van der Waals surface area contributed by atoms with Gasteiger partial charge in [0.25, 0.3) is 0 Å². The number of benzene rings is 2. The normalized spacial score (nSPS) is 10.1. The minimum atomic E-state index is -0.597. The molecule has 0 aromatic heterocycles. The number of halogens is 1. The third-order valence-corrected chi connectivity index (χ3v) is 3.23. The maximum absolute atomic E-state index is 12.3. The lowest BCUT2D eigenvalue weighted by atomic mass is 10.1. The zero-order chi connectivity index (χ0) is 17.5. The average molecular weight is 349 g/mol. The van der Waals surface area contributed by atoms with E-state index in [2.05, 4.69) is 0 Å². The Bertz CT molecular complexity index is 728. The molecule has 0 aliphatic carbocycles. The summed E-state index contributed by atoms with van der Waals surface area (Å²) in [6.45, 7) is 3.94. The molecule has 2 aromatic rings. The number of hydrogen-bond donors (Lipinski definition) is 0. The van der Waals surface area contributed by atoms with Gasteiger partial charge in [-0.15, -0.1) is 0 Å². The molecule has 0 heterocycles. The molecule has 0 saturated carbocycles. The fourth-order valence-electron chi connectivity index (χ4n) is 2.03. The smallest absolute Gasteiger partial charge is 0.343 e. The van der Waals surface area contributed by atoms with E-state index in [0.717, 1.165) is 0 Å². The summed E-state index contributed by atoms with van der Waals surface area (Å²) in [7, 11) is 0. The molecule has 2 rings (SSSR count). The number of ether oxygens (including phenoxy) is 3. The minimum absolute atomic E-state index is 0.0706. The highest BCUT2D eigenvalue weighted by atomic mass is 35.5. The zero-order valence-electron chi connectivity index (χ0n) is 13.4. The van der Waals surface area contributed by atoms with Crippen molar-refractivity contribution in [2.75, 3.05) is 13.2 Å². The molecule has 0 fully saturated rings. The minimum Gasteiger partial charge on any atom is -0.489 e. The molecule has 0 aliphatic heterocycles. The first-order chi connectivity index (χ1) is 11.6. The molecule has 6 heteroatoms. The Labute approximate surface area is 145 Å². The van der Waals surface area contributed by atoms with E-state index < -0.39 is 11.9 Å². The molecule has 24 heavy (non-hydrogen) atoms. The van der Waals surface area contributed by atoms with Gasteiger partial charge in [0, 0.05) is 11.1 Å². The van der Waals surface area contributed by atoms with Crippen molar-refractivity contribution in [2.45, 2.75) is 13.8 Å². The molecule has 0 saturated heterocycles. The summed E-state index contributed by atoms with van der Waals surface area (Å²) in [6, 6.07) is 11.3. The quantitative estimate of drug-likeness (QED) is 0.580. The number of esters is 2. The van der Waals surface area contributed by atoms with Gasteiger partial charge in [0.05, 0.1) is 18.8 Å². The Kier molecular flexibility index (Phi) is 6.21. The number of carbonyl (C=O) groups is 2. The van der Waals surface area contributed by atoms with Gasteiger partial charge in [-0.25, -0.2) is 9.59 Å². The van der Waals surface area contributed by atoms with Gasteiger partial charge in [-0.2, -0.15) is 0 Å². The predicted molar refractivity (Wildman–Crippen MR) is 90.0 cm³/mol. The van der Waals surface area contributed by atoms with Crippen LogP contribution in [-0.2, 0) is 4.74 Å². The molecule has 0 radical (unpaired) electrons. The van der Waals surface area contributed by atoms with E-state index in [1.54, 1.807) is 44.2 Å². The van der Waals surface area contributed by atoms with E-state index in [9.17, 15) is 9.59 Å². The molecular weight excluding hydrogens is 332 g/mol. The van der Waals surface area contributed by atoms with Crippen molar-refractivity contribution in [1.82, 2.24) is 0 Å². The molecule has 0 amide bonds. The third kappa shape index (κ3) is 4.26. The average Bonchev–Trinajstić information content (AvgIpc) is 2.58. The predicted octanol–water partition coefficient (Wildman–Crippen LogP) is 4.13. The van der Waals surface area contributed by atoms with Gasteiger partial charge >= 0.3 is 11.9 Å². The first-order valence-corrected chi connectivity index (χ1v) is 7.85. The van der Waals surface area contributed by atoms with Crippen LogP contribution in [0.25, 0.3) is 0 Å². The van der Waals surface area contributed by atoms with Crippen LogP contribution >= 0.6 is 11.6 Å². The van der Waals surface area contributed by atoms with Crippen LogP contribution in [0.2, 0.25) is 5.02 Å². The van der Waals surface area contributed by atoms with Gasteiger partial charge in [0.2, 0.25) is 0 Å². The molecule has 0 bridgehead atoms. The molecule has 0 N–H and O–H groups in total. The van der Waals surface area contributed by atoms with Crippen LogP contribution in [0.5, 0.6) is 11.5 Å². The number of rotatable bonds is 6. The summed E-state index contributed by atoms with van der Waals surface area (Å²) in [4.78, 5) is 24.4. The van der Waals surface area contributed by atoms with Crippen LogP contribution in [0.3, 0.4) is 0 Å². The standard InChI is InChI=1S/C18H17ClO5/c1-3-22-16-14(18(21)23-4-2)10-13(19)11-15(16)24-17(20)12-8-6-5-7-9-12/h5-11H,3-4H2,1-2H3. The van der Waals surface area contributed by atoms with Crippen molar-refractivity contribution in [3.8, 4) is 11.5 Å². The number of hydrogen-bond acceptors (Lipinski definition) is 5. The second-order valence-corrected chi connectivity index (χ2v) is 5.13. The van der Waals surface area contributed by atoms with E-state index >= 15 is 0 Å². The van der Waals surface area contributed by atoms with Crippen LogP contribution in [0.1, 0.15) is 34.6 Å². The summed E-state index contributed by atoms with van der Waals surface area (Å²) >= 11 is 6.04. The van der Waals surface area contributed by atoms with Crippen LogP contribution in [0.15, 0.2) is 42.5 Å². The maximum atomic E-state index is 12.3. The highest BCUT2D eigenvalue weighted by molar-refractivity contribution is 6.31. The summed E-state index contributed by atoms with van der Waals surface area (Å²) in [5, 5.41) is 0.234. The van der Waals surface area contributed by atoms with Crippen molar-refractivity contribution in [3.05, 3.63) is 58.6 Å². The van der Waals surface area contributed by atoms with E-state index in [1.807, 2.05) is 0 Å². The van der Waals surface area contributed by atoms with Crippen molar-refractivity contribution >= 4 is 23.5 Å². The van der Waals surface area contributed by atoms with Crippen molar-refractivity contribution in [2.24, 2.45) is 0 Å². The molecule has 0 aliphatic rings.